The number of nitrogens with zero attached hydrogens (tertiary/aromatic N) is 1. The monoisotopic (exact) mass is 320 g/mol. The van der Waals surface area contributed by atoms with Gasteiger partial charge in [0.05, 0.1) is 18.5 Å². The summed E-state index contributed by atoms with van der Waals surface area (Å²) in [6.07, 6.45) is 0.533. The number of carboxylic acid groups (broad SMARTS) is 1. The quantitative estimate of drug-likeness (QED) is 0.814. The molecular weight excluding hydrogens is 304 g/mol. The van der Waals surface area contributed by atoms with Crippen molar-refractivity contribution in [2.45, 2.75) is 12.8 Å². The molecule has 0 saturated carbocycles. The van der Waals surface area contributed by atoms with Crippen LogP contribution < -0.4 is 10.1 Å². The molecule has 2 N–H and O–H groups in total. The van der Waals surface area contributed by atoms with Gasteiger partial charge in [-0.15, -0.1) is 11.3 Å². The van der Waals surface area contributed by atoms with Crippen molar-refractivity contribution < 1.29 is 19.4 Å². The number of aromatic nitrogens is 1. The van der Waals surface area contributed by atoms with Crippen LogP contribution in [0.1, 0.15) is 27.5 Å². The Balaban J connectivity index is 1.92. The SMILES string of the molecule is COc1ccc(Cc2nc(C(=O)NCCC(=O)O)cs2)cc1. The molecule has 6 nitrogen and oxygen atoms in total. The minimum absolute atomic E-state index is 0.0967. The highest BCUT2D eigenvalue weighted by molar-refractivity contribution is 7.09. The first-order valence-corrected chi connectivity index (χ1v) is 7.54. The summed E-state index contributed by atoms with van der Waals surface area (Å²) in [4.78, 5) is 26.5. The highest BCUT2D eigenvalue weighted by atomic mass is 32.1. The molecule has 1 heterocycles. The fourth-order valence-electron chi connectivity index (χ4n) is 1.79. The minimum Gasteiger partial charge on any atom is -0.497 e. The molecule has 0 unspecified atom stereocenters. The van der Waals surface area contributed by atoms with Crippen LogP contribution in [-0.2, 0) is 11.2 Å². The molecule has 1 aromatic carbocycles. The second kappa shape index (κ2) is 7.56. The van der Waals surface area contributed by atoms with E-state index in [1.54, 1.807) is 12.5 Å². The van der Waals surface area contributed by atoms with Gasteiger partial charge in [-0.3, -0.25) is 9.59 Å². The maximum atomic E-state index is 11.8. The number of amides is 1. The molecule has 22 heavy (non-hydrogen) atoms. The highest BCUT2D eigenvalue weighted by Gasteiger charge is 2.11. The molecule has 0 aliphatic heterocycles. The number of carbonyl (C=O) groups is 2. The molecule has 2 rings (SSSR count). The average Bonchev–Trinajstić information content (AvgIpc) is 2.96. The molecular formula is C15H16N2O4S. The second-order valence-corrected chi connectivity index (χ2v) is 5.49. The number of hydrogen-bond donors (Lipinski definition) is 2. The first-order valence-electron chi connectivity index (χ1n) is 6.66. The maximum Gasteiger partial charge on any atom is 0.305 e. The van der Waals surface area contributed by atoms with E-state index in [9.17, 15) is 9.59 Å². The summed E-state index contributed by atoms with van der Waals surface area (Å²) in [5.41, 5.74) is 1.40. The first-order chi connectivity index (χ1) is 10.6. The van der Waals surface area contributed by atoms with Gasteiger partial charge >= 0.3 is 5.97 Å². The molecule has 0 spiro atoms. The van der Waals surface area contributed by atoms with E-state index < -0.39 is 5.97 Å². The van der Waals surface area contributed by atoms with Crippen molar-refractivity contribution in [3.8, 4) is 5.75 Å². The fourth-order valence-corrected chi connectivity index (χ4v) is 2.60. The molecule has 0 aliphatic carbocycles. The Morgan fingerprint density at radius 3 is 2.68 bits per heavy atom. The third-order valence-electron chi connectivity index (χ3n) is 2.92. The summed E-state index contributed by atoms with van der Waals surface area (Å²) in [7, 11) is 1.62. The van der Waals surface area contributed by atoms with Crippen LogP contribution in [0.5, 0.6) is 5.75 Å². The third kappa shape index (κ3) is 4.56. The highest BCUT2D eigenvalue weighted by Crippen LogP contribution is 2.17. The van der Waals surface area contributed by atoms with Crippen LogP contribution in [0.25, 0.3) is 0 Å². The van der Waals surface area contributed by atoms with Crippen molar-refractivity contribution in [1.82, 2.24) is 10.3 Å². The van der Waals surface area contributed by atoms with Gasteiger partial charge < -0.3 is 15.2 Å². The Morgan fingerprint density at radius 2 is 2.05 bits per heavy atom. The predicted molar refractivity (Wildman–Crippen MR) is 82.5 cm³/mol. The van der Waals surface area contributed by atoms with Crippen LogP contribution in [-0.4, -0.2) is 35.6 Å². The Morgan fingerprint density at radius 1 is 1.32 bits per heavy atom. The van der Waals surface area contributed by atoms with E-state index in [4.69, 9.17) is 9.84 Å². The summed E-state index contributed by atoms with van der Waals surface area (Å²) in [6.45, 7) is 0.0967. The van der Waals surface area contributed by atoms with Crippen LogP contribution in [0, 0.1) is 0 Å². The van der Waals surface area contributed by atoms with E-state index in [2.05, 4.69) is 10.3 Å². The lowest BCUT2D eigenvalue weighted by atomic mass is 10.1. The fraction of sp³-hybridized carbons (Fsp3) is 0.267. The molecule has 2 aromatic rings. The summed E-state index contributed by atoms with van der Waals surface area (Å²) in [6, 6.07) is 7.66. The number of aliphatic carboxylic acids is 1. The van der Waals surface area contributed by atoms with E-state index in [0.29, 0.717) is 12.1 Å². The van der Waals surface area contributed by atoms with Gasteiger partial charge in [0.25, 0.3) is 5.91 Å². The van der Waals surface area contributed by atoms with Gasteiger partial charge in [0.15, 0.2) is 0 Å². The topological polar surface area (TPSA) is 88.5 Å². The normalized spacial score (nSPS) is 10.2. The molecule has 0 radical (unpaired) electrons. The lowest BCUT2D eigenvalue weighted by Gasteiger charge is -2.01. The Labute approximate surface area is 131 Å². The van der Waals surface area contributed by atoms with Crippen molar-refractivity contribution in [1.29, 1.82) is 0 Å². The van der Waals surface area contributed by atoms with E-state index in [-0.39, 0.29) is 18.9 Å². The molecule has 0 fully saturated rings. The second-order valence-electron chi connectivity index (χ2n) is 4.55. The smallest absolute Gasteiger partial charge is 0.305 e. The number of rotatable bonds is 7. The zero-order chi connectivity index (χ0) is 15.9. The van der Waals surface area contributed by atoms with Gasteiger partial charge in [0.1, 0.15) is 11.4 Å². The number of ether oxygens (including phenoxy) is 1. The van der Waals surface area contributed by atoms with Gasteiger partial charge in [-0.2, -0.15) is 0 Å². The van der Waals surface area contributed by atoms with Crippen LogP contribution >= 0.6 is 11.3 Å². The summed E-state index contributed by atoms with van der Waals surface area (Å²) in [5.74, 6) is -0.501. The molecule has 0 aliphatic rings. The Bertz CT molecular complexity index is 652. The lowest BCUT2D eigenvalue weighted by Crippen LogP contribution is -2.26. The molecule has 0 bridgehead atoms. The number of hydrogen-bond acceptors (Lipinski definition) is 5. The standard InChI is InChI=1S/C15H16N2O4S/c1-21-11-4-2-10(3-5-11)8-13-17-12(9-22-13)15(20)16-7-6-14(18)19/h2-5,9H,6-8H2,1H3,(H,16,20)(H,18,19). The Hall–Kier alpha value is -2.41. The van der Waals surface area contributed by atoms with Crippen molar-refractivity contribution in [2.75, 3.05) is 13.7 Å². The molecule has 7 heteroatoms. The van der Waals surface area contributed by atoms with Crippen molar-refractivity contribution in [2.24, 2.45) is 0 Å². The molecule has 1 aromatic heterocycles. The average molecular weight is 320 g/mol. The summed E-state index contributed by atoms with van der Waals surface area (Å²) < 4.78 is 5.10. The van der Waals surface area contributed by atoms with E-state index >= 15 is 0 Å². The van der Waals surface area contributed by atoms with Gasteiger partial charge in [-0.05, 0) is 17.7 Å². The number of nitrogens with one attached hydrogen (secondary N) is 1. The zero-order valence-electron chi connectivity index (χ0n) is 12.0. The molecule has 0 saturated heterocycles. The first kappa shape index (κ1) is 16.0. The van der Waals surface area contributed by atoms with E-state index in [1.165, 1.54) is 11.3 Å². The van der Waals surface area contributed by atoms with E-state index in [1.807, 2.05) is 24.3 Å². The minimum atomic E-state index is -0.946. The van der Waals surface area contributed by atoms with Crippen molar-refractivity contribution in [3.05, 3.63) is 45.9 Å². The number of carboxylic acids is 1. The van der Waals surface area contributed by atoms with Gasteiger partial charge in [0.2, 0.25) is 0 Å². The molecule has 1 amide bonds. The number of methoxy groups -OCH3 is 1. The van der Waals surface area contributed by atoms with E-state index in [0.717, 1.165) is 16.3 Å². The summed E-state index contributed by atoms with van der Waals surface area (Å²) >= 11 is 1.40. The van der Waals surface area contributed by atoms with Crippen molar-refractivity contribution in [3.63, 3.8) is 0 Å². The van der Waals surface area contributed by atoms with Gasteiger partial charge in [-0.25, -0.2) is 4.98 Å². The number of carbonyl (C=O) groups excluding carboxylic acids is 1. The molecule has 0 atom stereocenters. The van der Waals surface area contributed by atoms with Gasteiger partial charge in [-0.1, -0.05) is 12.1 Å². The van der Waals surface area contributed by atoms with Crippen LogP contribution in [0.4, 0.5) is 0 Å². The van der Waals surface area contributed by atoms with Crippen LogP contribution in [0.3, 0.4) is 0 Å². The Kier molecular flexibility index (Phi) is 5.48. The molecule has 116 valence electrons. The lowest BCUT2D eigenvalue weighted by molar-refractivity contribution is -0.136. The maximum absolute atomic E-state index is 11.8. The van der Waals surface area contributed by atoms with Crippen molar-refractivity contribution >= 4 is 23.2 Å². The van der Waals surface area contributed by atoms with Crippen LogP contribution in [0.2, 0.25) is 0 Å². The van der Waals surface area contributed by atoms with Gasteiger partial charge in [0, 0.05) is 18.3 Å². The predicted octanol–water partition coefficient (Wildman–Crippen LogP) is 1.95. The van der Waals surface area contributed by atoms with Crippen LogP contribution in [0.15, 0.2) is 29.6 Å². The number of benzene rings is 1. The zero-order valence-corrected chi connectivity index (χ0v) is 12.9. The summed E-state index contributed by atoms with van der Waals surface area (Å²) in [5, 5.41) is 13.6. The number of thiazole rings is 1. The largest absolute Gasteiger partial charge is 0.497 e. The third-order valence-corrected chi connectivity index (χ3v) is 3.77.